The molecule has 362 valence electrons. The summed E-state index contributed by atoms with van der Waals surface area (Å²) in [6, 6.07) is 5.82. The molecule has 1 aromatic carbocycles. The summed E-state index contributed by atoms with van der Waals surface area (Å²) in [4.78, 5) is 58.4. The molecule has 15 heteroatoms. The molecule has 15 atom stereocenters. The molecule has 4 aliphatic rings. The molecule has 65 heavy (non-hydrogen) atoms. The first-order valence-electron chi connectivity index (χ1n) is 23.3. The largest absolute Gasteiger partial charge is 0.497 e. The van der Waals surface area contributed by atoms with Gasteiger partial charge in [-0.25, -0.2) is 9.18 Å². The Labute approximate surface area is 384 Å². The van der Waals surface area contributed by atoms with Crippen LogP contribution < -0.4 is 15.2 Å². The van der Waals surface area contributed by atoms with E-state index in [0.717, 1.165) is 4.90 Å². The van der Waals surface area contributed by atoms with Crippen LogP contribution in [0, 0.1) is 29.6 Å². The predicted molar refractivity (Wildman–Crippen MR) is 241 cm³/mol. The van der Waals surface area contributed by atoms with Crippen LogP contribution >= 0.6 is 0 Å². The van der Waals surface area contributed by atoms with Crippen molar-refractivity contribution in [3.63, 3.8) is 0 Å². The minimum Gasteiger partial charge on any atom is -0.497 e. The third-order valence-corrected chi connectivity index (χ3v) is 14.2. The molecular weight excluding hydrogens is 840 g/mol. The molecule has 15 unspecified atom stereocenters. The van der Waals surface area contributed by atoms with E-state index in [4.69, 9.17) is 34.2 Å². The van der Waals surface area contributed by atoms with Crippen LogP contribution in [0.2, 0.25) is 0 Å². The fourth-order valence-electron chi connectivity index (χ4n) is 10.1. The number of cyclic esters (lactones) is 1. The number of ether oxygens (including phenoxy) is 6. The molecule has 5 rings (SSSR count). The van der Waals surface area contributed by atoms with E-state index in [1.165, 1.54) is 14.2 Å². The number of hydrogen-bond acceptors (Lipinski definition) is 13. The Kier molecular flexibility index (Phi) is 18.5. The van der Waals surface area contributed by atoms with Crippen molar-refractivity contribution in [3.8, 4) is 11.5 Å². The number of fused-ring (bicyclic) bond motifs is 3. The lowest BCUT2D eigenvalue weighted by Crippen LogP contribution is -2.64. The molecule has 1 aromatic rings. The monoisotopic (exact) mass is 913 g/mol. The smallest absolute Gasteiger partial charge is 0.329 e. The molecule has 3 aliphatic heterocycles. The number of methoxy groups -OCH3 is 3. The quantitative estimate of drug-likeness (QED) is 0.149. The molecular formula is C50H73FN2O12. The highest BCUT2D eigenvalue weighted by Gasteiger charge is 2.57. The van der Waals surface area contributed by atoms with Gasteiger partial charge in [0.15, 0.2) is 0 Å². The molecule has 0 aromatic heterocycles. The summed E-state index contributed by atoms with van der Waals surface area (Å²) in [5.41, 5.74) is 7.46. The van der Waals surface area contributed by atoms with Gasteiger partial charge in [-0.15, -0.1) is 6.58 Å². The fraction of sp³-hybridized carbons (Fsp3) is 0.680. The zero-order chi connectivity index (χ0) is 47.7. The SMILES string of the molecule is C=CCC1/C=C(\C)C(F)C(C)CC(OC)C2OC(O)(C(=O)C(=O)N3CCCCC3C(=O)OC(C(C)=CC3CCC(N)C(Oc4ccc(OC)cc4)C3)C(C)C(O)CC1=O)C(C)CC2OC. The first-order valence-corrected chi connectivity index (χ1v) is 23.3. The highest BCUT2D eigenvalue weighted by Crippen LogP contribution is 2.40. The Bertz CT molecular complexity index is 1870. The zero-order valence-corrected chi connectivity index (χ0v) is 39.5. The highest BCUT2D eigenvalue weighted by atomic mass is 19.1. The Morgan fingerprint density at radius 3 is 2.28 bits per heavy atom. The second kappa shape index (κ2) is 23.1. The maximum atomic E-state index is 16.4. The van der Waals surface area contributed by atoms with Crippen molar-refractivity contribution < 1.29 is 62.2 Å². The number of aliphatic hydroxyl groups is 2. The first-order chi connectivity index (χ1) is 30.9. The van der Waals surface area contributed by atoms with E-state index in [0.29, 0.717) is 54.7 Å². The van der Waals surface area contributed by atoms with Gasteiger partial charge in [0.2, 0.25) is 5.79 Å². The number of nitrogens with two attached hydrogens (primary N) is 1. The normalized spacial score (nSPS) is 38.4. The number of carbonyl (C=O) groups is 4. The molecule has 2 bridgehead atoms. The first kappa shape index (κ1) is 52.0. The van der Waals surface area contributed by atoms with Crippen LogP contribution in [0.3, 0.4) is 0 Å². The third-order valence-electron chi connectivity index (χ3n) is 14.2. The number of aliphatic hydroxyl groups excluding tert-OH is 1. The van der Waals surface area contributed by atoms with Gasteiger partial charge in [0.25, 0.3) is 11.7 Å². The Balaban J connectivity index is 1.53. The molecule has 1 saturated carbocycles. The number of carbonyl (C=O) groups excluding carboxylic acids is 4. The van der Waals surface area contributed by atoms with Gasteiger partial charge in [-0.05, 0) is 119 Å². The molecule has 1 amide bonds. The summed E-state index contributed by atoms with van der Waals surface area (Å²) in [6.07, 6.45) is 1.43. The topological polar surface area (TPSA) is 193 Å². The number of alkyl halides is 1. The Morgan fingerprint density at radius 2 is 1.63 bits per heavy atom. The van der Waals surface area contributed by atoms with Crippen molar-refractivity contribution in [2.24, 2.45) is 35.3 Å². The lowest BCUT2D eigenvalue weighted by atomic mass is 9.81. The summed E-state index contributed by atoms with van der Waals surface area (Å²) in [6.45, 7) is 12.2. The van der Waals surface area contributed by atoms with Gasteiger partial charge in [-0.2, -0.15) is 0 Å². The van der Waals surface area contributed by atoms with Crippen LogP contribution in [0.1, 0.15) is 98.8 Å². The Morgan fingerprint density at radius 1 is 0.969 bits per heavy atom. The van der Waals surface area contributed by atoms with Crippen molar-refractivity contribution in [2.45, 2.75) is 159 Å². The average Bonchev–Trinajstić information content (AvgIpc) is 3.30. The minimum absolute atomic E-state index is 0.0378. The van der Waals surface area contributed by atoms with Gasteiger partial charge in [0.1, 0.15) is 47.8 Å². The van der Waals surface area contributed by atoms with Crippen molar-refractivity contribution in [1.82, 2.24) is 4.90 Å². The van der Waals surface area contributed by atoms with Crippen LogP contribution in [0.15, 0.2) is 60.2 Å². The number of benzene rings is 1. The standard InChI is InChI=1S/C50H73FN2O12/c1-10-13-34-23-28(2)44(51)29(3)24-42(61-8)46-43(62-9)25-31(5)50(59,65-46)47(56)48(57)53-21-12-11-14-38(53)49(58)64-45(32(6)39(54)27-40(34)55)30(4)22-33-15-20-37(52)41(26-33)63-36-18-16-35(60-7)17-19-36/h10,16-19,22-23,29,31-34,37-39,41-46,54,59H,1,11-15,20-21,24-27,52H2,2-9H3/b28-23+,30-22?. The van der Waals surface area contributed by atoms with E-state index >= 15 is 4.39 Å². The molecule has 2 saturated heterocycles. The van der Waals surface area contributed by atoms with Gasteiger partial charge in [0, 0.05) is 51.0 Å². The summed E-state index contributed by atoms with van der Waals surface area (Å²) >= 11 is 0. The van der Waals surface area contributed by atoms with E-state index in [-0.39, 0.29) is 62.5 Å². The van der Waals surface area contributed by atoms with Crippen molar-refractivity contribution in [3.05, 3.63) is 60.2 Å². The van der Waals surface area contributed by atoms with Gasteiger partial charge >= 0.3 is 5.97 Å². The summed E-state index contributed by atoms with van der Waals surface area (Å²) in [7, 11) is 4.46. The molecule has 0 radical (unpaired) electrons. The fourth-order valence-corrected chi connectivity index (χ4v) is 10.1. The molecule has 14 nitrogen and oxygen atoms in total. The number of rotatable bonds is 9. The van der Waals surface area contributed by atoms with E-state index < -0.39 is 89.9 Å². The van der Waals surface area contributed by atoms with Gasteiger partial charge in [-0.3, -0.25) is 14.4 Å². The Hall–Kier alpha value is -3.99. The van der Waals surface area contributed by atoms with E-state index in [9.17, 15) is 29.4 Å². The maximum Gasteiger partial charge on any atom is 0.329 e. The van der Waals surface area contributed by atoms with Crippen molar-refractivity contribution >= 4 is 23.4 Å². The van der Waals surface area contributed by atoms with Crippen LogP contribution in [0.4, 0.5) is 4.39 Å². The van der Waals surface area contributed by atoms with Gasteiger partial charge < -0.3 is 49.3 Å². The number of nitrogens with zero attached hydrogens (tertiary/aromatic N) is 1. The van der Waals surface area contributed by atoms with E-state index in [1.54, 1.807) is 53.9 Å². The molecule has 3 fully saturated rings. The van der Waals surface area contributed by atoms with Crippen LogP contribution in [0.5, 0.6) is 11.5 Å². The number of esters is 1. The maximum absolute atomic E-state index is 16.4. The average molecular weight is 913 g/mol. The summed E-state index contributed by atoms with van der Waals surface area (Å²) in [5, 5.41) is 23.9. The lowest BCUT2D eigenvalue weighted by molar-refractivity contribution is -0.302. The number of halogens is 1. The molecule has 4 N–H and O–H groups in total. The summed E-state index contributed by atoms with van der Waals surface area (Å²) < 4.78 is 52.1. The number of Topliss-reactive ketones (excluding diaryl/α,β-unsaturated/α-hetero) is 2. The zero-order valence-electron chi connectivity index (χ0n) is 39.5. The number of amides is 1. The van der Waals surface area contributed by atoms with Crippen molar-refractivity contribution in [2.75, 3.05) is 27.9 Å². The number of piperidine rings is 1. The lowest BCUT2D eigenvalue weighted by Gasteiger charge is -2.47. The van der Waals surface area contributed by atoms with Crippen LogP contribution in [-0.4, -0.2) is 127 Å². The van der Waals surface area contributed by atoms with Crippen molar-refractivity contribution in [1.29, 1.82) is 0 Å². The van der Waals surface area contributed by atoms with Crippen LogP contribution in [-0.2, 0) is 38.1 Å². The van der Waals surface area contributed by atoms with E-state index in [2.05, 4.69) is 6.58 Å². The van der Waals surface area contributed by atoms with E-state index in [1.807, 2.05) is 30.3 Å². The molecule has 0 spiro atoms. The number of allylic oxidation sites excluding steroid dienone is 4. The second-order valence-electron chi connectivity index (χ2n) is 18.9. The number of ketones is 2. The van der Waals surface area contributed by atoms with Crippen LogP contribution in [0.25, 0.3) is 0 Å². The third kappa shape index (κ3) is 12.3. The summed E-state index contributed by atoms with van der Waals surface area (Å²) in [5.74, 6) is -8.08. The molecule has 1 aliphatic carbocycles. The predicted octanol–water partition coefficient (Wildman–Crippen LogP) is 5.99. The van der Waals surface area contributed by atoms with Gasteiger partial charge in [0.05, 0.1) is 25.4 Å². The second-order valence-corrected chi connectivity index (χ2v) is 18.9. The van der Waals surface area contributed by atoms with Gasteiger partial charge in [-0.1, -0.05) is 39.0 Å². The number of hydrogen-bond donors (Lipinski definition) is 3. The highest BCUT2D eigenvalue weighted by molar-refractivity contribution is 6.39. The minimum atomic E-state index is -2.62. The molecule has 3 heterocycles.